The molecule has 0 unspecified atom stereocenters. The molecule has 0 saturated carbocycles. The molecule has 0 bridgehead atoms. The Morgan fingerprint density at radius 2 is 1.13 bits per heavy atom. The summed E-state index contributed by atoms with van der Waals surface area (Å²) in [7, 11) is -4.00. The van der Waals surface area contributed by atoms with Crippen molar-refractivity contribution in [3.05, 3.63) is 30.3 Å². The second-order valence-corrected chi connectivity index (χ2v) is 9.43. The smallest absolute Gasteiger partial charge is 0.294 e. The molecule has 6 heteroatoms. The lowest BCUT2D eigenvalue weighted by Crippen LogP contribution is -2.08. The highest BCUT2D eigenvalue weighted by molar-refractivity contribution is 7.85. The molecular formula is C24H44N2O3S. The molecule has 0 spiro atoms. The molecule has 0 atom stereocenters. The van der Waals surface area contributed by atoms with Crippen LogP contribution in [0.25, 0.3) is 0 Å². The minimum atomic E-state index is -4.00. The van der Waals surface area contributed by atoms with E-state index < -0.39 is 10.1 Å². The Hall–Kier alpha value is -1.40. The molecule has 174 valence electrons. The zero-order valence-electron chi connectivity index (χ0n) is 18.9. The van der Waals surface area contributed by atoms with Gasteiger partial charge in [-0.25, -0.2) is 0 Å². The van der Waals surface area contributed by atoms with Crippen LogP contribution in [0, 0.1) is 5.41 Å². The lowest BCUT2D eigenvalue weighted by molar-refractivity contribution is 0.483. The van der Waals surface area contributed by atoms with Gasteiger partial charge in [0.15, 0.2) is 0 Å². The lowest BCUT2D eigenvalue weighted by Gasteiger charge is -2.03. The van der Waals surface area contributed by atoms with E-state index in [1.165, 1.54) is 102 Å². The molecule has 0 aromatic heterocycles. The number of nitrogens with two attached hydrogens (primary N) is 1. The number of hydrogen-bond donors (Lipinski definition) is 3. The number of amidine groups is 1. The lowest BCUT2D eigenvalue weighted by atomic mass is 10.0. The Labute approximate surface area is 185 Å². The number of rotatable bonds is 17. The Balaban J connectivity index is 0.000000696. The normalized spacial score (nSPS) is 11.0. The quantitative estimate of drug-likeness (QED) is 0.104. The van der Waals surface area contributed by atoms with Crippen LogP contribution >= 0.6 is 0 Å². The fourth-order valence-corrected chi connectivity index (χ4v) is 3.78. The first-order valence-corrected chi connectivity index (χ1v) is 13.2. The second kappa shape index (κ2) is 19.6. The summed E-state index contributed by atoms with van der Waals surface area (Å²) in [6, 6.07) is 7.42. The first-order valence-electron chi connectivity index (χ1n) is 11.7. The van der Waals surface area contributed by atoms with E-state index in [0.29, 0.717) is 5.84 Å². The number of benzene rings is 1. The van der Waals surface area contributed by atoms with Gasteiger partial charge >= 0.3 is 0 Å². The van der Waals surface area contributed by atoms with E-state index in [1.807, 2.05) is 0 Å². The third-order valence-electron chi connectivity index (χ3n) is 5.09. The van der Waals surface area contributed by atoms with Crippen LogP contribution in [-0.2, 0) is 10.1 Å². The molecule has 0 aliphatic carbocycles. The fourth-order valence-electron chi connectivity index (χ4n) is 3.28. The van der Waals surface area contributed by atoms with Crippen LogP contribution in [0.2, 0.25) is 0 Å². The van der Waals surface area contributed by atoms with E-state index in [2.05, 4.69) is 6.92 Å². The molecule has 0 saturated heterocycles. The maximum Gasteiger partial charge on any atom is 0.294 e. The van der Waals surface area contributed by atoms with Gasteiger partial charge in [-0.05, 0) is 18.6 Å². The maximum atomic E-state index is 10.4. The van der Waals surface area contributed by atoms with Gasteiger partial charge in [0, 0.05) is 6.42 Å². The van der Waals surface area contributed by atoms with Crippen LogP contribution in [0.4, 0.5) is 0 Å². The van der Waals surface area contributed by atoms with Gasteiger partial charge in [0.1, 0.15) is 0 Å². The highest BCUT2D eigenvalue weighted by atomic mass is 32.2. The van der Waals surface area contributed by atoms with Crippen LogP contribution < -0.4 is 5.73 Å². The highest BCUT2D eigenvalue weighted by Gasteiger charge is 2.05. The van der Waals surface area contributed by atoms with E-state index in [-0.39, 0.29) is 4.90 Å². The van der Waals surface area contributed by atoms with Crippen molar-refractivity contribution >= 4 is 16.0 Å². The third kappa shape index (κ3) is 19.9. The zero-order chi connectivity index (χ0) is 22.5. The topological polar surface area (TPSA) is 104 Å². The summed E-state index contributed by atoms with van der Waals surface area (Å²) in [5, 5.41) is 7.15. The largest absolute Gasteiger partial charge is 0.388 e. The van der Waals surface area contributed by atoms with Crippen molar-refractivity contribution in [2.24, 2.45) is 5.73 Å². The molecule has 0 fully saturated rings. The molecule has 0 radical (unpaired) electrons. The van der Waals surface area contributed by atoms with Gasteiger partial charge in [0.2, 0.25) is 0 Å². The van der Waals surface area contributed by atoms with Gasteiger partial charge in [-0.2, -0.15) is 8.42 Å². The zero-order valence-corrected chi connectivity index (χ0v) is 19.8. The van der Waals surface area contributed by atoms with Gasteiger partial charge < -0.3 is 5.73 Å². The number of unbranched alkanes of at least 4 members (excludes halogenated alkanes) is 14. The number of nitrogens with one attached hydrogen (secondary N) is 1. The fraction of sp³-hybridized carbons (Fsp3) is 0.708. The van der Waals surface area contributed by atoms with E-state index in [1.54, 1.807) is 18.2 Å². The van der Waals surface area contributed by atoms with Crippen LogP contribution in [0.5, 0.6) is 0 Å². The first kappa shape index (κ1) is 28.6. The molecule has 4 N–H and O–H groups in total. The SMILES string of the molecule is CCCCCCCCCCCCCCCCCC(=N)N.O=S(=O)(O)c1ccccc1. The first-order chi connectivity index (χ1) is 14.4. The molecule has 0 amide bonds. The predicted molar refractivity (Wildman–Crippen MR) is 128 cm³/mol. The van der Waals surface area contributed by atoms with Gasteiger partial charge in [0.25, 0.3) is 10.1 Å². The van der Waals surface area contributed by atoms with Crippen molar-refractivity contribution in [2.45, 2.75) is 115 Å². The Kier molecular flexibility index (Phi) is 18.6. The second-order valence-electron chi connectivity index (χ2n) is 8.01. The highest BCUT2D eigenvalue weighted by Crippen LogP contribution is 2.13. The third-order valence-corrected chi connectivity index (χ3v) is 5.96. The molecular weight excluding hydrogens is 396 g/mol. The minimum Gasteiger partial charge on any atom is -0.388 e. The van der Waals surface area contributed by atoms with Crippen LogP contribution in [0.3, 0.4) is 0 Å². The van der Waals surface area contributed by atoms with Crippen LogP contribution in [0.1, 0.15) is 110 Å². The molecule has 1 aromatic carbocycles. The van der Waals surface area contributed by atoms with E-state index in [4.69, 9.17) is 15.7 Å². The van der Waals surface area contributed by atoms with Crippen molar-refractivity contribution < 1.29 is 13.0 Å². The number of hydrogen-bond acceptors (Lipinski definition) is 3. The summed E-state index contributed by atoms with van der Waals surface area (Å²) in [4.78, 5) is -0.0741. The van der Waals surface area contributed by atoms with Crippen LogP contribution in [0.15, 0.2) is 35.2 Å². The van der Waals surface area contributed by atoms with Crippen molar-refractivity contribution in [3.63, 3.8) is 0 Å². The summed E-state index contributed by atoms with van der Waals surface area (Å²) in [6.07, 6.45) is 21.6. The van der Waals surface area contributed by atoms with Gasteiger partial charge in [0.05, 0.1) is 10.7 Å². The van der Waals surface area contributed by atoms with E-state index in [9.17, 15) is 8.42 Å². The average Bonchev–Trinajstić information content (AvgIpc) is 2.71. The maximum absolute atomic E-state index is 10.4. The van der Waals surface area contributed by atoms with Gasteiger partial charge in [-0.3, -0.25) is 9.96 Å². The molecule has 5 nitrogen and oxygen atoms in total. The summed E-state index contributed by atoms with van der Waals surface area (Å²) in [5.74, 6) is 0.347. The van der Waals surface area contributed by atoms with Crippen LogP contribution in [-0.4, -0.2) is 18.8 Å². The van der Waals surface area contributed by atoms with Gasteiger partial charge in [-0.1, -0.05) is 115 Å². The molecule has 0 heterocycles. The Morgan fingerprint density at radius 3 is 1.43 bits per heavy atom. The van der Waals surface area contributed by atoms with Crippen molar-refractivity contribution in [1.82, 2.24) is 0 Å². The molecule has 30 heavy (non-hydrogen) atoms. The van der Waals surface area contributed by atoms with Crippen molar-refractivity contribution in [3.8, 4) is 0 Å². The summed E-state index contributed by atoms with van der Waals surface area (Å²) in [5.41, 5.74) is 5.33. The van der Waals surface area contributed by atoms with E-state index >= 15 is 0 Å². The molecule has 0 aliphatic rings. The van der Waals surface area contributed by atoms with E-state index in [0.717, 1.165) is 12.8 Å². The molecule has 0 aliphatic heterocycles. The summed E-state index contributed by atoms with van der Waals surface area (Å²) in [6.45, 7) is 2.28. The van der Waals surface area contributed by atoms with Crippen molar-refractivity contribution in [1.29, 1.82) is 5.41 Å². The van der Waals surface area contributed by atoms with Crippen molar-refractivity contribution in [2.75, 3.05) is 0 Å². The summed E-state index contributed by atoms with van der Waals surface area (Å²) < 4.78 is 29.2. The Morgan fingerprint density at radius 1 is 0.767 bits per heavy atom. The monoisotopic (exact) mass is 440 g/mol. The predicted octanol–water partition coefficient (Wildman–Crippen LogP) is 7.12. The standard InChI is InChI=1S/C18H38N2.C6H6O3S/c1-2-3-4-5-6-7-8-9-10-11-12-13-14-15-16-17-18(19)20;7-10(8,9)6-4-2-1-3-5-6/h2-17H2,1H3,(H3,19,20);1-5H,(H,7,8,9). The minimum absolute atomic E-state index is 0.0741. The average molecular weight is 441 g/mol. The molecule has 1 aromatic rings. The molecule has 1 rings (SSSR count). The van der Waals surface area contributed by atoms with Gasteiger partial charge in [-0.15, -0.1) is 0 Å². The Bertz CT molecular complexity index is 619. The summed E-state index contributed by atoms with van der Waals surface area (Å²) >= 11 is 0.